The first-order valence-corrected chi connectivity index (χ1v) is 3.98. The van der Waals surface area contributed by atoms with Crippen molar-refractivity contribution in [2.24, 2.45) is 0 Å². The van der Waals surface area contributed by atoms with Gasteiger partial charge in [-0.25, -0.2) is 0 Å². The minimum atomic E-state index is -1.11. The summed E-state index contributed by atoms with van der Waals surface area (Å²) in [6.45, 7) is 1.42. The standard InChI is InChI=1S/C9H18O5/c1-6(11)8(13-3)9(14-4)7(5-10)12-2/h5-9,11H,1-4H3/t6-,7+,8+,9-/m0/s1/i2D,3D,4D. The Morgan fingerprint density at radius 1 is 1.21 bits per heavy atom. The summed E-state index contributed by atoms with van der Waals surface area (Å²) in [7, 11) is -1.31. The maximum absolute atomic E-state index is 10.8. The summed E-state index contributed by atoms with van der Waals surface area (Å²) in [6.07, 6.45) is -3.64. The fraction of sp³-hybridized carbons (Fsp3) is 0.889. The molecule has 1 N–H and O–H groups in total. The van der Waals surface area contributed by atoms with Gasteiger partial charge in [0, 0.05) is 21.3 Å². The van der Waals surface area contributed by atoms with Crippen molar-refractivity contribution >= 4 is 6.29 Å². The molecule has 0 amide bonds. The quantitative estimate of drug-likeness (QED) is 0.578. The molecule has 0 fully saturated rings. The van der Waals surface area contributed by atoms with E-state index in [4.69, 9.17) is 18.3 Å². The monoisotopic (exact) mass is 209 g/mol. The number of rotatable bonds is 7. The maximum atomic E-state index is 10.8. The second kappa shape index (κ2) is 6.89. The van der Waals surface area contributed by atoms with Crippen LogP contribution in [-0.4, -0.2) is 57.1 Å². The van der Waals surface area contributed by atoms with Gasteiger partial charge in [-0.15, -0.1) is 0 Å². The Bertz CT molecular complexity index is 205. The molecule has 0 saturated heterocycles. The van der Waals surface area contributed by atoms with Crippen molar-refractivity contribution < 1.29 is 28.2 Å². The molecular weight excluding hydrogens is 188 g/mol. The highest BCUT2D eigenvalue weighted by Gasteiger charge is 2.32. The number of aldehydes is 1. The van der Waals surface area contributed by atoms with Gasteiger partial charge in [0.1, 0.15) is 18.3 Å². The number of hydrogen-bond acceptors (Lipinski definition) is 5. The van der Waals surface area contributed by atoms with E-state index in [0.29, 0.717) is 6.29 Å². The molecule has 0 aromatic carbocycles. The van der Waals surface area contributed by atoms with Crippen molar-refractivity contribution in [1.29, 1.82) is 0 Å². The maximum Gasteiger partial charge on any atom is 0.151 e. The van der Waals surface area contributed by atoms with Crippen LogP contribution in [0.4, 0.5) is 0 Å². The molecule has 0 aliphatic rings. The predicted molar refractivity (Wildman–Crippen MR) is 50.1 cm³/mol. The van der Waals surface area contributed by atoms with E-state index in [1.807, 2.05) is 0 Å². The first-order chi connectivity index (χ1) is 8.12. The summed E-state index contributed by atoms with van der Waals surface area (Å²) in [4.78, 5) is 10.8. The van der Waals surface area contributed by atoms with E-state index in [1.165, 1.54) is 6.92 Å². The average molecular weight is 209 g/mol. The van der Waals surface area contributed by atoms with Gasteiger partial charge in [0.05, 0.1) is 10.2 Å². The van der Waals surface area contributed by atoms with Crippen molar-refractivity contribution in [3.63, 3.8) is 0 Å². The van der Waals surface area contributed by atoms with Crippen molar-refractivity contribution in [3.05, 3.63) is 0 Å². The van der Waals surface area contributed by atoms with Gasteiger partial charge in [-0.05, 0) is 6.92 Å². The molecular formula is C9H18O5. The minimum absolute atomic E-state index is 0.417. The molecule has 0 radical (unpaired) electrons. The topological polar surface area (TPSA) is 65.0 Å². The van der Waals surface area contributed by atoms with Crippen molar-refractivity contribution in [3.8, 4) is 0 Å². The summed E-state index contributed by atoms with van der Waals surface area (Å²) in [5, 5.41) is 9.49. The van der Waals surface area contributed by atoms with E-state index < -0.39 is 45.7 Å². The number of ether oxygens (including phenoxy) is 3. The van der Waals surface area contributed by atoms with Crippen molar-refractivity contribution in [1.82, 2.24) is 0 Å². The third-order valence-corrected chi connectivity index (χ3v) is 1.83. The Hall–Kier alpha value is -0.490. The summed E-state index contributed by atoms with van der Waals surface area (Å²) < 4.78 is 35.6. The first-order valence-electron chi connectivity index (χ1n) is 6.10. The number of carbonyl (C=O) groups excluding carboxylic acids is 1. The number of aliphatic hydroxyl groups excluding tert-OH is 1. The van der Waals surface area contributed by atoms with Gasteiger partial charge in [0.2, 0.25) is 0 Å². The fourth-order valence-corrected chi connectivity index (χ4v) is 1.10. The van der Waals surface area contributed by atoms with Crippen molar-refractivity contribution in [2.45, 2.75) is 31.3 Å². The van der Waals surface area contributed by atoms with Crippen LogP contribution >= 0.6 is 0 Å². The number of carbonyl (C=O) groups is 1. The molecule has 4 atom stereocenters. The Kier molecular flexibility index (Phi) is 4.33. The summed E-state index contributed by atoms with van der Waals surface area (Å²) in [6, 6.07) is 0. The normalized spacial score (nSPS) is 22.6. The predicted octanol–water partition coefficient (Wildman–Crippen LogP) is -0.389. The molecule has 0 aliphatic carbocycles. The third-order valence-electron chi connectivity index (χ3n) is 1.83. The lowest BCUT2D eigenvalue weighted by molar-refractivity contribution is -0.149. The zero-order chi connectivity index (χ0) is 13.3. The van der Waals surface area contributed by atoms with Crippen molar-refractivity contribution in [2.75, 3.05) is 21.3 Å². The summed E-state index contributed by atoms with van der Waals surface area (Å²) >= 11 is 0. The molecule has 0 saturated carbocycles. The van der Waals surface area contributed by atoms with E-state index in [-0.39, 0.29) is 0 Å². The van der Waals surface area contributed by atoms with Gasteiger partial charge < -0.3 is 24.1 Å². The summed E-state index contributed by atoms with van der Waals surface area (Å²) in [5.74, 6) is 0. The lowest BCUT2D eigenvalue weighted by Gasteiger charge is -2.29. The zero-order valence-corrected chi connectivity index (χ0v) is 8.09. The summed E-state index contributed by atoms with van der Waals surface area (Å²) in [5.41, 5.74) is 0. The van der Waals surface area contributed by atoms with Gasteiger partial charge in [0.25, 0.3) is 0 Å². The number of aliphatic hydroxyl groups is 1. The largest absolute Gasteiger partial charge is 0.391 e. The third kappa shape index (κ3) is 3.34. The highest BCUT2D eigenvalue weighted by Crippen LogP contribution is 2.12. The van der Waals surface area contributed by atoms with E-state index in [9.17, 15) is 9.90 Å². The molecule has 0 aliphatic heterocycles. The molecule has 0 spiro atoms. The van der Waals surface area contributed by atoms with Crippen LogP contribution < -0.4 is 0 Å². The van der Waals surface area contributed by atoms with Gasteiger partial charge in [0.15, 0.2) is 6.29 Å². The van der Waals surface area contributed by atoms with Crippen LogP contribution in [0, 0.1) is 0 Å². The van der Waals surface area contributed by atoms with Gasteiger partial charge in [-0.1, -0.05) is 0 Å². The first kappa shape index (κ1) is 8.79. The number of methoxy groups -OCH3 is 3. The Morgan fingerprint density at radius 2 is 1.79 bits per heavy atom. The van der Waals surface area contributed by atoms with E-state index >= 15 is 0 Å². The zero-order valence-electron chi connectivity index (χ0n) is 11.1. The molecule has 0 aromatic heterocycles. The van der Waals surface area contributed by atoms with E-state index in [1.54, 1.807) is 0 Å². The lowest BCUT2D eigenvalue weighted by Crippen LogP contribution is -2.47. The smallest absolute Gasteiger partial charge is 0.151 e. The Labute approximate surface area is 88.2 Å². The van der Waals surface area contributed by atoms with Gasteiger partial charge in [-0.2, -0.15) is 0 Å². The van der Waals surface area contributed by atoms with Gasteiger partial charge in [-0.3, -0.25) is 0 Å². The van der Waals surface area contributed by atoms with Crippen LogP contribution in [0.1, 0.15) is 11.0 Å². The highest BCUT2D eigenvalue weighted by molar-refractivity contribution is 5.57. The lowest BCUT2D eigenvalue weighted by atomic mass is 10.0. The average Bonchev–Trinajstić information content (AvgIpc) is 2.30. The van der Waals surface area contributed by atoms with Crippen LogP contribution in [0.15, 0.2) is 0 Å². The van der Waals surface area contributed by atoms with E-state index in [0.717, 1.165) is 0 Å². The van der Waals surface area contributed by atoms with Gasteiger partial charge >= 0.3 is 0 Å². The molecule has 0 heterocycles. The van der Waals surface area contributed by atoms with Crippen LogP contribution in [0.3, 0.4) is 0 Å². The fourth-order valence-electron chi connectivity index (χ4n) is 1.10. The van der Waals surface area contributed by atoms with Crippen LogP contribution in [0.2, 0.25) is 0 Å². The molecule has 0 rings (SSSR count). The molecule has 5 nitrogen and oxygen atoms in total. The number of hydrogen-bond donors (Lipinski definition) is 1. The van der Waals surface area contributed by atoms with Crippen LogP contribution in [0.25, 0.3) is 0 Å². The highest BCUT2D eigenvalue weighted by atomic mass is 16.6. The molecule has 0 unspecified atom stereocenters. The second-order valence-corrected chi connectivity index (χ2v) is 2.77. The second-order valence-electron chi connectivity index (χ2n) is 2.77. The van der Waals surface area contributed by atoms with Crippen LogP contribution in [-0.2, 0) is 19.0 Å². The molecule has 5 heteroatoms. The molecule has 84 valence electrons. The Balaban J connectivity index is 4.79. The minimum Gasteiger partial charge on any atom is -0.391 e. The Morgan fingerprint density at radius 3 is 2.21 bits per heavy atom. The van der Waals surface area contributed by atoms with Crippen LogP contribution in [0.5, 0.6) is 0 Å². The SMILES string of the molecule is [2H]CO[C@H]([C@H](OC[2H])[C@H](C)O)[C@@H](C=O)OC[2H]. The molecule has 0 bridgehead atoms. The molecule has 14 heavy (non-hydrogen) atoms. The van der Waals surface area contributed by atoms with E-state index in [2.05, 4.69) is 0 Å². The molecule has 0 aromatic rings.